The summed E-state index contributed by atoms with van der Waals surface area (Å²) in [5.41, 5.74) is 0.444. The largest absolute Gasteiger partial charge is 0.497 e. The molecule has 10 heteroatoms. The number of allylic oxidation sites excluding steroid dienone is 3. The lowest BCUT2D eigenvalue weighted by molar-refractivity contribution is -0.117. The number of fused-ring (bicyclic) bond motifs is 2. The lowest BCUT2D eigenvalue weighted by Crippen LogP contribution is -2.33. The van der Waals surface area contributed by atoms with Crippen LogP contribution in [0.5, 0.6) is 0 Å². The van der Waals surface area contributed by atoms with Gasteiger partial charge in [-0.3, -0.25) is 14.0 Å². The van der Waals surface area contributed by atoms with E-state index < -0.39 is 11.9 Å². The van der Waals surface area contributed by atoms with Gasteiger partial charge in [0.1, 0.15) is 22.6 Å². The van der Waals surface area contributed by atoms with E-state index in [1.807, 2.05) is 6.92 Å². The maximum Gasteiger partial charge on any atom is 0.341 e. The summed E-state index contributed by atoms with van der Waals surface area (Å²) in [5.74, 6) is -0.755. The number of pyridine rings is 2. The number of hydrogen-bond acceptors (Lipinski definition) is 7. The maximum atomic E-state index is 13.4. The average molecular weight is 521 g/mol. The van der Waals surface area contributed by atoms with Gasteiger partial charge in [-0.25, -0.2) is 9.78 Å². The lowest BCUT2D eigenvalue weighted by Gasteiger charge is -2.15. The zero-order valence-electron chi connectivity index (χ0n) is 21.9. The van der Waals surface area contributed by atoms with Crippen molar-refractivity contribution in [1.29, 1.82) is 0 Å². The summed E-state index contributed by atoms with van der Waals surface area (Å²) in [4.78, 5) is 48.4. The molecule has 0 N–H and O–H groups in total. The minimum atomic E-state index is -0.695. The number of methoxy groups -OCH3 is 1. The summed E-state index contributed by atoms with van der Waals surface area (Å²) in [6.07, 6.45) is 8.57. The molecule has 0 fully saturated rings. The summed E-state index contributed by atoms with van der Waals surface area (Å²) in [7, 11) is 1.49. The maximum absolute atomic E-state index is 13.4. The predicted octanol–water partition coefficient (Wildman–Crippen LogP) is 3.34. The third kappa shape index (κ3) is 6.71. The molecule has 1 amide bonds. The lowest BCUT2D eigenvalue weighted by atomic mass is 10.2. The standard InChI is InChI=1S/C28H32N4O6/c1-5-8-12-20(36-4)14-15-24(33)30-26-22(28(35)38-7-3)19-21-25(32(26)17-11-18-37-6-2)29-23-13-9-10-16-31(23)27(21)34/h5,8-10,12-14,16,19H,1,6-7,11,15,17-18H2,2-4H3/b12-8+,20-14-,30-26?. The van der Waals surface area contributed by atoms with Gasteiger partial charge in [-0.15, -0.1) is 0 Å². The SMILES string of the molecule is C=C/C=C/C(=C/CC(=O)N=c1c(C(=O)OCC)cc2c(=O)n3ccccc3nc2n1CCCOCC)OC. The highest BCUT2D eigenvalue weighted by Gasteiger charge is 2.20. The number of aryl methyl sites for hydroxylation is 1. The monoisotopic (exact) mass is 520 g/mol. The molecule has 3 heterocycles. The minimum Gasteiger partial charge on any atom is -0.497 e. The highest BCUT2D eigenvalue weighted by atomic mass is 16.5. The van der Waals surface area contributed by atoms with Gasteiger partial charge in [0.05, 0.1) is 25.5 Å². The van der Waals surface area contributed by atoms with Gasteiger partial charge in [-0.05, 0) is 50.6 Å². The molecule has 0 aliphatic carbocycles. The van der Waals surface area contributed by atoms with E-state index in [-0.39, 0.29) is 35.0 Å². The summed E-state index contributed by atoms with van der Waals surface area (Å²) < 4.78 is 19.0. The molecule has 200 valence electrons. The molecular weight excluding hydrogens is 488 g/mol. The fourth-order valence-electron chi connectivity index (χ4n) is 3.77. The Labute approximate surface area is 220 Å². The van der Waals surface area contributed by atoms with Gasteiger partial charge in [0.25, 0.3) is 11.5 Å². The summed E-state index contributed by atoms with van der Waals surface area (Å²) in [6, 6.07) is 6.60. The number of esters is 1. The second-order valence-electron chi connectivity index (χ2n) is 8.00. The van der Waals surface area contributed by atoms with Gasteiger partial charge < -0.3 is 18.8 Å². The molecule has 0 aliphatic rings. The minimum absolute atomic E-state index is 0.00129. The van der Waals surface area contributed by atoms with Gasteiger partial charge in [-0.2, -0.15) is 4.99 Å². The van der Waals surface area contributed by atoms with Crippen molar-refractivity contribution in [3.63, 3.8) is 0 Å². The second kappa shape index (κ2) is 13.8. The summed E-state index contributed by atoms with van der Waals surface area (Å²) in [5, 5.41) is 0.204. The first-order valence-corrected chi connectivity index (χ1v) is 12.4. The van der Waals surface area contributed by atoms with Crippen LogP contribution in [-0.4, -0.2) is 52.8 Å². The Balaban J connectivity index is 2.29. The quantitative estimate of drug-likeness (QED) is 0.118. The van der Waals surface area contributed by atoms with Crippen LogP contribution >= 0.6 is 0 Å². The molecule has 3 aromatic heterocycles. The van der Waals surface area contributed by atoms with Gasteiger partial charge in [0, 0.05) is 26.0 Å². The van der Waals surface area contributed by atoms with E-state index >= 15 is 0 Å². The van der Waals surface area contributed by atoms with Crippen LogP contribution in [0.3, 0.4) is 0 Å². The van der Waals surface area contributed by atoms with Crippen molar-refractivity contribution in [2.75, 3.05) is 26.9 Å². The van der Waals surface area contributed by atoms with Crippen LogP contribution in [0.25, 0.3) is 16.7 Å². The van der Waals surface area contributed by atoms with Crippen molar-refractivity contribution in [1.82, 2.24) is 14.0 Å². The van der Waals surface area contributed by atoms with Crippen molar-refractivity contribution in [3.05, 3.63) is 88.5 Å². The van der Waals surface area contributed by atoms with E-state index in [4.69, 9.17) is 14.2 Å². The first-order valence-electron chi connectivity index (χ1n) is 12.4. The first-order chi connectivity index (χ1) is 18.4. The Morgan fingerprint density at radius 2 is 2.03 bits per heavy atom. The third-order valence-corrected chi connectivity index (χ3v) is 5.50. The fourth-order valence-corrected chi connectivity index (χ4v) is 3.77. The van der Waals surface area contributed by atoms with Gasteiger partial charge in [0.2, 0.25) is 0 Å². The molecule has 0 saturated heterocycles. The van der Waals surface area contributed by atoms with E-state index in [0.717, 1.165) is 0 Å². The zero-order valence-corrected chi connectivity index (χ0v) is 21.9. The molecule has 0 spiro atoms. The predicted molar refractivity (Wildman–Crippen MR) is 144 cm³/mol. The van der Waals surface area contributed by atoms with Crippen LogP contribution in [0, 0.1) is 0 Å². The molecule has 0 aromatic carbocycles. The number of carbonyl (C=O) groups is 2. The number of hydrogen-bond donors (Lipinski definition) is 0. The third-order valence-electron chi connectivity index (χ3n) is 5.50. The van der Waals surface area contributed by atoms with Crippen LogP contribution in [0.2, 0.25) is 0 Å². The summed E-state index contributed by atoms with van der Waals surface area (Å²) in [6.45, 7) is 8.57. The van der Waals surface area contributed by atoms with Gasteiger partial charge >= 0.3 is 5.97 Å². The van der Waals surface area contributed by atoms with Crippen LogP contribution in [0.15, 0.2) is 76.9 Å². The van der Waals surface area contributed by atoms with Crippen molar-refractivity contribution in [3.8, 4) is 0 Å². The van der Waals surface area contributed by atoms with Gasteiger partial charge in [-0.1, -0.05) is 24.8 Å². The van der Waals surface area contributed by atoms with Crippen molar-refractivity contribution < 1.29 is 23.8 Å². The van der Waals surface area contributed by atoms with Crippen molar-refractivity contribution in [2.45, 2.75) is 33.2 Å². The van der Waals surface area contributed by atoms with Gasteiger partial charge in [0.15, 0.2) is 5.49 Å². The second-order valence-corrected chi connectivity index (χ2v) is 8.00. The van der Waals surface area contributed by atoms with E-state index in [0.29, 0.717) is 43.2 Å². The number of aromatic nitrogens is 3. The van der Waals surface area contributed by atoms with Crippen molar-refractivity contribution in [2.24, 2.45) is 4.99 Å². The molecule has 0 unspecified atom stereocenters. The molecule has 0 aliphatic heterocycles. The molecule has 38 heavy (non-hydrogen) atoms. The normalized spacial score (nSPS) is 12.4. The molecule has 0 atom stereocenters. The first kappa shape index (κ1) is 28.3. The van der Waals surface area contributed by atoms with E-state index in [1.165, 1.54) is 17.6 Å². The number of rotatable bonds is 12. The fraction of sp³-hybridized carbons (Fsp3) is 0.321. The van der Waals surface area contributed by atoms with E-state index in [2.05, 4.69) is 16.6 Å². The summed E-state index contributed by atoms with van der Waals surface area (Å²) >= 11 is 0. The van der Waals surface area contributed by atoms with Crippen LogP contribution in [0.4, 0.5) is 0 Å². The zero-order chi connectivity index (χ0) is 27.5. The molecule has 3 rings (SSSR count). The smallest absolute Gasteiger partial charge is 0.341 e. The number of carbonyl (C=O) groups excluding carboxylic acids is 2. The van der Waals surface area contributed by atoms with Crippen LogP contribution < -0.4 is 11.0 Å². The van der Waals surface area contributed by atoms with E-state index in [9.17, 15) is 14.4 Å². The Bertz CT molecular complexity index is 1510. The molecule has 10 nitrogen and oxygen atoms in total. The molecule has 0 bridgehead atoms. The average Bonchev–Trinajstić information content (AvgIpc) is 2.92. The number of amides is 1. The molecule has 0 radical (unpaired) electrons. The van der Waals surface area contributed by atoms with Crippen LogP contribution in [0.1, 0.15) is 37.0 Å². The molecular formula is C28H32N4O6. The molecule has 0 saturated carbocycles. The number of ether oxygens (including phenoxy) is 3. The number of nitrogens with zero attached hydrogens (tertiary/aromatic N) is 4. The van der Waals surface area contributed by atoms with Crippen molar-refractivity contribution >= 4 is 28.6 Å². The Kier molecular flexibility index (Phi) is 10.3. The Morgan fingerprint density at radius 3 is 2.74 bits per heavy atom. The Morgan fingerprint density at radius 1 is 1.21 bits per heavy atom. The Hall–Kier alpha value is -4.31. The topological polar surface area (TPSA) is 113 Å². The highest BCUT2D eigenvalue weighted by molar-refractivity contribution is 5.93. The van der Waals surface area contributed by atoms with Crippen LogP contribution in [-0.2, 0) is 25.5 Å². The molecule has 3 aromatic rings. The highest BCUT2D eigenvalue weighted by Crippen LogP contribution is 2.12. The van der Waals surface area contributed by atoms with E-state index in [1.54, 1.807) is 60.2 Å².